The van der Waals surface area contributed by atoms with Crippen LogP contribution in [-0.2, 0) is 0 Å². The molecule has 1 aliphatic heterocycles. The van der Waals surface area contributed by atoms with Crippen LogP contribution in [0.2, 0.25) is 0 Å². The van der Waals surface area contributed by atoms with Gasteiger partial charge in [-0.05, 0) is 34.7 Å². The average molecular weight is 249 g/mol. The van der Waals surface area contributed by atoms with Gasteiger partial charge in [-0.15, -0.1) is 0 Å². The standard InChI is InChI=1S/C13H29N2.ClH/c1-12(2)9-11(15(6,7)8)10-13(3,4)14(12)5;/h11H,9-10H2,1-8H3;1H/q+1;/p-1. The topological polar surface area (TPSA) is 3.24 Å². The first kappa shape index (κ1) is 16.2. The maximum atomic E-state index is 2.55. The van der Waals surface area contributed by atoms with Crippen LogP contribution in [0.15, 0.2) is 0 Å². The number of likely N-dealkylation sites (tertiary alicyclic amines) is 1. The maximum absolute atomic E-state index is 2.55. The van der Waals surface area contributed by atoms with Crippen molar-refractivity contribution in [2.24, 2.45) is 0 Å². The summed E-state index contributed by atoms with van der Waals surface area (Å²) in [6, 6.07) is 0.770. The molecule has 0 bridgehead atoms. The highest BCUT2D eigenvalue weighted by Gasteiger charge is 2.47. The Labute approximate surface area is 108 Å². The lowest BCUT2D eigenvalue weighted by molar-refractivity contribution is -0.899. The first-order valence-corrected chi connectivity index (χ1v) is 6.02. The molecule has 0 N–H and O–H groups in total. The summed E-state index contributed by atoms with van der Waals surface area (Å²) >= 11 is 0. The number of hydrogen-bond acceptors (Lipinski definition) is 1. The van der Waals surface area contributed by atoms with Crippen molar-refractivity contribution in [2.45, 2.75) is 57.7 Å². The van der Waals surface area contributed by atoms with Crippen LogP contribution in [0.1, 0.15) is 40.5 Å². The van der Waals surface area contributed by atoms with Crippen LogP contribution < -0.4 is 12.4 Å². The normalized spacial score (nSPS) is 26.2. The summed E-state index contributed by atoms with van der Waals surface area (Å²) in [5.41, 5.74) is 0.635. The minimum absolute atomic E-state index is 0. The molecule has 0 spiro atoms. The Morgan fingerprint density at radius 2 is 1.25 bits per heavy atom. The van der Waals surface area contributed by atoms with Crippen LogP contribution >= 0.6 is 0 Å². The predicted molar refractivity (Wildman–Crippen MR) is 67.0 cm³/mol. The molecule has 1 saturated heterocycles. The van der Waals surface area contributed by atoms with Gasteiger partial charge < -0.3 is 16.9 Å². The fourth-order valence-corrected chi connectivity index (χ4v) is 2.87. The van der Waals surface area contributed by atoms with Gasteiger partial charge in [-0.2, -0.15) is 0 Å². The van der Waals surface area contributed by atoms with Crippen molar-refractivity contribution in [1.82, 2.24) is 4.90 Å². The summed E-state index contributed by atoms with van der Waals surface area (Å²) in [6.07, 6.45) is 2.58. The quantitative estimate of drug-likeness (QED) is 0.558. The van der Waals surface area contributed by atoms with Crippen molar-refractivity contribution in [1.29, 1.82) is 0 Å². The third kappa shape index (κ3) is 3.12. The van der Waals surface area contributed by atoms with E-state index in [0.29, 0.717) is 11.1 Å². The second kappa shape index (κ2) is 4.47. The van der Waals surface area contributed by atoms with E-state index in [1.165, 1.54) is 12.8 Å². The molecule has 3 heteroatoms. The van der Waals surface area contributed by atoms with Crippen LogP contribution in [-0.4, -0.2) is 54.7 Å². The lowest BCUT2D eigenvalue weighted by Gasteiger charge is -2.55. The highest BCUT2D eigenvalue weighted by molar-refractivity contribution is 4.98. The Kier molecular flexibility index (Phi) is 4.53. The molecule has 0 saturated carbocycles. The van der Waals surface area contributed by atoms with Crippen LogP contribution in [0.25, 0.3) is 0 Å². The minimum Gasteiger partial charge on any atom is -1.00 e. The fraction of sp³-hybridized carbons (Fsp3) is 1.00. The third-order valence-electron chi connectivity index (χ3n) is 4.38. The Hall–Kier alpha value is 0.210. The van der Waals surface area contributed by atoms with E-state index >= 15 is 0 Å². The average Bonchev–Trinajstić information content (AvgIpc) is 1.97. The first-order valence-electron chi connectivity index (χ1n) is 6.02. The van der Waals surface area contributed by atoms with Gasteiger partial charge in [0.05, 0.1) is 27.2 Å². The summed E-state index contributed by atoms with van der Waals surface area (Å²) in [5, 5.41) is 0. The van der Waals surface area contributed by atoms with Gasteiger partial charge in [-0.25, -0.2) is 0 Å². The van der Waals surface area contributed by atoms with Gasteiger partial charge in [0.1, 0.15) is 0 Å². The highest BCUT2D eigenvalue weighted by atomic mass is 35.5. The molecule has 16 heavy (non-hydrogen) atoms. The molecule has 0 amide bonds. The Bertz CT molecular complexity index is 223. The number of quaternary nitrogens is 1. The lowest BCUT2D eigenvalue weighted by Crippen LogP contribution is -3.00. The number of halogens is 1. The molecule has 0 aromatic rings. The fourth-order valence-electron chi connectivity index (χ4n) is 2.87. The van der Waals surface area contributed by atoms with Gasteiger partial charge in [0.25, 0.3) is 0 Å². The monoisotopic (exact) mass is 248 g/mol. The molecule has 1 fully saturated rings. The molecular weight excluding hydrogens is 220 g/mol. The van der Waals surface area contributed by atoms with Gasteiger partial charge in [0.15, 0.2) is 0 Å². The van der Waals surface area contributed by atoms with Crippen LogP contribution in [0.3, 0.4) is 0 Å². The molecule has 0 atom stereocenters. The van der Waals surface area contributed by atoms with Gasteiger partial charge >= 0.3 is 0 Å². The van der Waals surface area contributed by atoms with Crippen molar-refractivity contribution in [3.05, 3.63) is 0 Å². The van der Waals surface area contributed by atoms with E-state index in [-0.39, 0.29) is 12.4 Å². The van der Waals surface area contributed by atoms with E-state index in [1.807, 2.05) is 0 Å². The van der Waals surface area contributed by atoms with E-state index in [4.69, 9.17) is 0 Å². The van der Waals surface area contributed by atoms with Gasteiger partial charge in [-0.1, -0.05) is 0 Å². The summed E-state index contributed by atoms with van der Waals surface area (Å²) in [4.78, 5) is 2.55. The highest BCUT2D eigenvalue weighted by Crippen LogP contribution is 2.39. The molecule has 0 aliphatic carbocycles. The van der Waals surface area contributed by atoms with Crippen molar-refractivity contribution >= 4 is 0 Å². The largest absolute Gasteiger partial charge is 1.00 e. The third-order valence-corrected chi connectivity index (χ3v) is 4.38. The van der Waals surface area contributed by atoms with Crippen molar-refractivity contribution < 1.29 is 16.9 Å². The Balaban J connectivity index is 0.00000225. The molecule has 1 rings (SSSR count). The van der Waals surface area contributed by atoms with Crippen molar-refractivity contribution in [3.8, 4) is 0 Å². The van der Waals surface area contributed by atoms with Crippen molar-refractivity contribution in [2.75, 3.05) is 28.2 Å². The molecule has 1 heterocycles. The lowest BCUT2D eigenvalue weighted by atomic mass is 9.76. The van der Waals surface area contributed by atoms with Crippen LogP contribution in [0.4, 0.5) is 0 Å². The Morgan fingerprint density at radius 3 is 1.50 bits per heavy atom. The summed E-state index contributed by atoms with van der Waals surface area (Å²) in [7, 11) is 9.23. The summed E-state index contributed by atoms with van der Waals surface area (Å²) < 4.78 is 1.08. The smallest absolute Gasteiger partial charge is 0.0919 e. The van der Waals surface area contributed by atoms with Gasteiger partial charge in [0.2, 0.25) is 0 Å². The zero-order chi connectivity index (χ0) is 12.1. The summed E-state index contributed by atoms with van der Waals surface area (Å²) in [5.74, 6) is 0. The number of nitrogens with zero attached hydrogens (tertiary/aromatic N) is 2. The second-order valence-electron chi connectivity index (χ2n) is 7.36. The van der Waals surface area contributed by atoms with E-state index in [1.54, 1.807) is 0 Å². The molecule has 0 aromatic carbocycles. The number of hydrogen-bond donors (Lipinski definition) is 0. The zero-order valence-corrected chi connectivity index (χ0v) is 13.0. The molecule has 0 radical (unpaired) electrons. The predicted octanol–water partition coefficient (Wildman–Crippen LogP) is -0.652. The molecule has 0 unspecified atom stereocenters. The Morgan fingerprint density at radius 1 is 0.938 bits per heavy atom. The summed E-state index contributed by atoms with van der Waals surface area (Å²) in [6.45, 7) is 9.49. The molecule has 0 aromatic heterocycles. The molecular formula is C13H29ClN2. The van der Waals surface area contributed by atoms with Crippen molar-refractivity contribution in [3.63, 3.8) is 0 Å². The SMILES string of the molecule is CN1C(C)(C)CC([N+](C)(C)C)CC1(C)C.[Cl-]. The van der Waals surface area contributed by atoms with Gasteiger partial charge in [0, 0.05) is 23.9 Å². The van der Waals surface area contributed by atoms with E-state index < -0.39 is 0 Å². The van der Waals surface area contributed by atoms with E-state index in [0.717, 1.165) is 10.5 Å². The first-order chi connectivity index (χ1) is 6.47. The van der Waals surface area contributed by atoms with Crippen LogP contribution in [0.5, 0.6) is 0 Å². The van der Waals surface area contributed by atoms with Gasteiger partial charge in [-0.3, -0.25) is 4.90 Å². The molecule has 2 nitrogen and oxygen atoms in total. The van der Waals surface area contributed by atoms with E-state index in [2.05, 4.69) is 60.8 Å². The number of rotatable bonds is 1. The molecule has 1 aliphatic rings. The second-order valence-corrected chi connectivity index (χ2v) is 7.36. The zero-order valence-electron chi connectivity index (χ0n) is 12.3. The minimum atomic E-state index is 0. The number of piperidine rings is 1. The molecule has 98 valence electrons. The van der Waals surface area contributed by atoms with Crippen LogP contribution in [0, 0.1) is 0 Å². The maximum Gasteiger partial charge on any atom is 0.0919 e. The van der Waals surface area contributed by atoms with E-state index in [9.17, 15) is 0 Å².